The zero-order chi connectivity index (χ0) is 10.1. The smallest absolute Gasteiger partial charge is 0.129 e. The number of hydrogen-bond donors (Lipinski definition) is 1. The van der Waals surface area contributed by atoms with Crippen molar-refractivity contribution in [1.82, 2.24) is 0 Å². The average molecular weight is 215 g/mol. The molecule has 5 heteroatoms. The molecule has 0 saturated heterocycles. The summed E-state index contributed by atoms with van der Waals surface area (Å²) in [4.78, 5) is 0. The van der Waals surface area contributed by atoms with Crippen LogP contribution in [0.5, 0.6) is 0 Å². The third-order valence-corrected chi connectivity index (χ3v) is 2.29. The number of para-hydroxylation sites is 1. The van der Waals surface area contributed by atoms with Gasteiger partial charge in [0, 0.05) is 24.2 Å². The van der Waals surface area contributed by atoms with E-state index in [2.05, 4.69) is 26.8 Å². The van der Waals surface area contributed by atoms with Crippen LogP contribution in [0.1, 0.15) is 6.42 Å². The van der Waals surface area contributed by atoms with E-state index in [9.17, 15) is 5.26 Å². The fourth-order valence-corrected chi connectivity index (χ4v) is 1.45. The van der Waals surface area contributed by atoms with Gasteiger partial charge < -0.3 is 10.6 Å². The Morgan fingerprint density at radius 2 is 2.07 bits per heavy atom. The van der Waals surface area contributed by atoms with E-state index in [-0.39, 0.29) is 0 Å². The molecule has 0 aliphatic heterocycles. The van der Waals surface area contributed by atoms with Crippen LogP contribution < -0.4 is 10.6 Å². The molecule has 4 nitrogen and oxygen atoms in total. The summed E-state index contributed by atoms with van der Waals surface area (Å²) >= 11 is 1.03. The van der Waals surface area contributed by atoms with E-state index < -0.39 is 0 Å². The van der Waals surface area contributed by atoms with Crippen LogP contribution in [0, 0.1) is 0 Å². The van der Waals surface area contributed by atoms with E-state index in [0.29, 0.717) is 0 Å². The summed E-state index contributed by atoms with van der Waals surface area (Å²) in [5.74, 6) is 0.756. The van der Waals surface area contributed by atoms with Crippen molar-refractivity contribution in [2.24, 2.45) is 0 Å². The lowest BCUT2D eigenvalue weighted by molar-refractivity contribution is -0.777. The van der Waals surface area contributed by atoms with Crippen molar-refractivity contribution in [3.05, 3.63) is 30.3 Å². The fraction of sp³-hybridized carbons (Fsp3) is 0.333. The Morgan fingerprint density at radius 3 is 2.79 bits per heavy atom. The molecule has 1 rings (SSSR count). The standard InChI is InChI=1S/C9H13NO3S/c11-12-13-14-8-4-7-10-9-5-2-1-3-6-9/h1-3,5-6,10-11H,4,7-8H2. The van der Waals surface area contributed by atoms with Crippen LogP contribution in [-0.4, -0.2) is 12.3 Å². The minimum atomic E-state index is 0.756. The Bertz CT molecular complexity index is 233. The molecule has 0 spiro atoms. The molecule has 0 aliphatic carbocycles. The molecule has 14 heavy (non-hydrogen) atoms. The minimum absolute atomic E-state index is 0.756. The summed E-state index contributed by atoms with van der Waals surface area (Å²) in [6.45, 7) is 0.971. The molecule has 0 saturated carbocycles. The molecule has 0 amide bonds. The van der Waals surface area contributed by atoms with Gasteiger partial charge in [-0.05, 0) is 12.1 Å². The lowest BCUT2D eigenvalue weighted by Crippen LogP contribution is -2.78. The number of rotatable bonds is 7. The van der Waals surface area contributed by atoms with Crippen LogP contribution in [0.15, 0.2) is 30.3 Å². The Labute approximate surface area is 87.3 Å². The third kappa shape index (κ3) is 5.21. The first-order valence-corrected chi connectivity index (χ1v) is 5.31. The highest BCUT2D eigenvalue weighted by Gasteiger charge is 1.95. The van der Waals surface area contributed by atoms with Crippen LogP contribution in [0.2, 0.25) is 0 Å². The Kier molecular flexibility index (Phi) is 6.38. The van der Waals surface area contributed by atoms with Crippen LogP contribution in [0.4, 0.5) is 5.69 Å². The predicted molar refractivity (Wildman–Crippen MR) is 52.1 cm³/mol. The van der Waals surface area contributed by atoms with E-state index in [1.807, 2.05) is 18.2 Å². The van der Waals surface area contributed by atoms with E-state index in [0.717, 1.165) is 30.8 Å². The minimum Gasteiger partial charge on any atom is -0.691 e. The highest BCUT2D eigenvalue weighted by molar-refractivity contribution is 7.94. The zero-order valence-electron chi connectivity index (χ0n) is 7.72. The topological polar surface area (TPSA) is 58.1 Å². The fourth-order valence-electron chi connectivity index (χ4n) is 1.05. The van der Waals surface area contributed by atoms with Gasteiger partial charge >= 0.3 is 0 Å². The first kappa shape index (κ1) is 11.5. The molecule has 0 atom stereocenters. The molecule has 0 aliphatic rings. The molecular formula is C9H13NO3S. The highest BCUT2D eigenvalue weighted by atomic mass is 32.2. The second-order valence-electron chi connectivity index (χ2n) is 2.72. The van der Waals surface area contributed by atoms with Gasteiger partial charge in [0.05, 0.1) is 6.54 Å². The summed E-state index contributed by atoms with van der Waals surface area (Å²) in [7, 11) is 0. The molecular weight excluding hydrogens is 202 g/mol. The van der Waals surface area contributed by atoms with Crippen LogP contribution >= 0.6 is 12.0 Å². The van der Waals surface area contributed by atoms with Gasteiger partial charge in [-0.1, -0.05) is 18.2 Å². The van der Waals surface area contributed by atoms with E-state index in [4.69, 9.17) is 0 Å². The summed E-state index contributed by atoms with van der Waals surface area (Å²) in [5, 5.41) is 14.8. The van der Waals surface area contributed by atoms with E-state index in [1.165, 1.54) is 5.69 Å². The van der Waals surface area contributed by atoms with E-state index in [1.54, 1.807) is 0 Å². The van der Waals surface area contributed by atoms with Gasteiger partial charge in [-0.3, -0.25) is 5.04 Å². The molecule has 0 aromatic heterocycles. The maximum Gasteiger partial charge on any atom is 0.129 e. The summed E-state index contributed by atoms with van der Waals surface area (Å²) < 4.78 is 4.13. The van der Waals surface area contributed by atoms with Crippen molar-refractivity contribution < 1.29 is 19.9 Å². The Hall–Kier alpha value is -0.590. The van der Waals surface area contributed by atoms with Gasteiger partial charge in [-0.2, -0.15) is 4.33 Å². The lowest BCUT2D eigenvalue weighted by atomic mass is 10.3. The monoisotopic (exact) mass is 215 g/mol. The highest BCUT2D eigenvalue weighted by Crippen LogP contribution is 2.02. The van der Waals surface area contributed by atoms with Crippen LogP contribution in [0.3, 0.4) is 0 Å². The van der Waals surface area contributed by atoms with Crippen molar-refractivity contribution in [3.8, 4) is 0 Å². The van der Waals surface area contributed by atoms with Gasteiger partial charge in [0.25, 0.3) is 0 Å². The zero-order valence-corrected chi connectivity index (χ0v) is 8.53. The largest absolute Gasteiger partial charge is 0.691 e. The van der Waals surface area contributed by atoms with Crippen molar-refractivity contribution in [2.75, 3.05) is 12.3 Å². The van der Waals surface area contributed by atoms with Gasteiger partial charge in [0.1, 0.15) is 5.69 Å². The van der Waals surface area contributed by atoms with Gasteiger partial charge in [-0.25, -0.2) is 0 Å². The SMILES string of the molecule is [O-]OOSCCC[NH2+]c1ccccc1. The molecule has 2 N–H and O–H groups in total. The molecule has 0 heterocycles. The van der Waals surface area contributed by atoms with Gasteiger partial charge in [-0.15, -0.1) is 0 Å². The number of benzene rings is 1. The molecule has 0 radical (unpaired) electrons. The second kappa shape index (κ2) is 7.78. The van der Waals surface area contributed by atoms with Gasteiger partial charge in [0.15, 0.2) is 0 Å². The van der Waals surface area contributed by atoms with Crippen molar-refractivity contribution >= 4 is 17.7 Å². The molecule has 1 aromatic rings. The summed E-state index contributed by atoms with van der Waals surface area (Å²) in [5.41, 5.74) is 1.22. The molecule has 0 fully saturated rings. The van der Waals surface area contributed by atoms with Gasteiger partial charge in [0.2, 0.25) is 0 Å². The number of nitrogens with two attached hydrogens (primary N) is 1. The van der Waals surface area contributed by atoms with Crippen molar-refractivity contribution in [2.45, 2.75) is 6.42 Å². The van der Waals surface area contributed by atoms with Crippen molar-refractivity contribution in [1.29, 1.82) is 0 Å². The predicted octanol–water partition coefficient (Wildman–Crippen LogP) is 0.143. The second-order valence-corrected chi connectivity index (χ2v) is 3.50. The average Bonchev–Trinajstić information content (AvgIpc) is 2.25. The van der Waals surface area contributed by atoms with Crippen molar-refractivity contribution in [3.63, 3.8) is 0 Å². The molecule has 0 unspecified atom stereocenters. The first-order chi connectivity index (χ1) is 6.93. The Morgan fingerprint density at radius 1 is 1.29 bits per heavy atom. The third-order valence-electron chi connectivity index (χ3n) is 1.69. The lowest BCUT2D eigenvalue weighted by Gasteiger charge is -2.03. The molecule has 0 bridgehead atoms. The van der Waals surface area contributed by atoms with Crippen LogP contribution in [0.25, 0.3) is 0 Å². The maximum absolute atomic E-state index is 9.43. The summed E-state index contributed by atoms with van der Waals surface area (Å²) in [6, 6.07) is 10.1. The first-order valence-electron chi connectivity index (χ1n) is 4.40. The van der Waals surface area contributed by atoms with Crippen LogP contribution in [-0.2, 0) is 9.37 Å². The number of hydrogen-bond acceptors (Lipinski definition) is 4. The number of quaternary nitrogens is 1. The quantitative estimate of drug-likeness (QED) is 0.231. The molecule has 78 valence electrons. The maximum atomic E-state index is 9.43. The summed E-state index contributed by atoms with van der Waals surface area (Å²) in [6.07, 6.45) is 0.961. The normalized spacial score (nSPS) is 10.4. The van der Waals surface area contributed by atoms with E-state index >= 15 is 0 Å². The molecule has 1 aromatic carbocycles. The Balaban J connectivity index is 1.99.